The van der Waals surface area contributed by atoms with Crippen LogP contribution in [0.2, 0.25) is 6.32 Å². The highest BCUT2D eigenvalue weighted by Crippen LogP contribution is 2.39. The minimum atomic E-state index is -4.48. The molecule has 0 aromatic carbocycles. The van der Waals surface area contributed by atoms with Crippen molar-refractivity contribution in [1.29, 1.82) is 0 Å². The normalized spacial score (nSPS) is 19.2. The van der Waals surface area contributed by atoms with Crippen LogP contribution in [0.25, 0.3) is 0 Å². The van der Waals surface area contributed by atoms with Crippen molar-refractivity contribution >= 4 is 25.1 Å². The Labute approximate surface area is 120 Å². The molecule has 1 atom stereocenters. The maximum atomic E-state index is 13.1. The van der Waals surface area contributed by atoms with Gasteiger partial charge in [0.2, 0.25) is 5.91 Å². The van der Waals surface area contributed by atoms with E-state index < -0.39 is 24.7 Å². The van der Waals surface area contributed by atoms with Crippen LogP contribution in [0.5, 0.6) is 5.75 Å². The van der Waals surface area contributed by atoms with Gasteiger partial charge in [0.15, 0.2) is 6.04 Å². The van der Waals surface area contributed by atoms with Crippen LogP contribution in [0.15, 0.2) is 0 Å². The quantitative estimate of drug-likeness (QED) is 0.743. The Kier molecular flexibility index (Phi) is 4.04. The van der Waals surface area contributed by atoms with Crippen molar-refractivity contribution < 1.29 is 22.7 Å². The van der Waals surface area contributed by atoms with Crippen LogP contribution in [0.4, 0.5) is 13.2 Å². The summed E-state index contributed by atoms with van der Waals surface area (Å²) in [5, 5.41) is 0. The summed E-state index contributed by atoms with van der Waals surface area (Å²) in [4.78, 5) is 14.4. The predicted molar refractivity (Wildman–Crippen MR) is 73.0 cm³/mol. The smallest absolute Gasteiger partial charge is 0.412 e. The van der Waals surface area contributed by atoms with Gasteiger partial charge >= 0.3 is 6.18 Å². The molecule has 1 amide bonds. The molecule has 1 aromatic rings. The van der Waals surface area contributed by atoms with Gasteiger partial charge in [-0.1, -0.05) is 0 Å². The molecule has 0 saturated heterocycles. The molecule has 0 spiro atoms. The number of ether oxygens (including phenoxy) is 1. The number of rotatable bonds is 1. The molecule has 1 aromatic heterocycles. The fourth-order valence-corrected chi connectivity index (χ4v) is 3.35. The molecule has 110 valence electrons. The second kappa shape index (κ2) is 5.31. The first-order chi connectivity index (χ1) is 9.25. The molecule has 0 N–H and O–H groups in total. The number of halogens is 3. The van der Waals surface area contributed by atoms with Crippen molar-refractivity contribution in [3.05, 3.63) is 15.3 Å². The third-order valence-electron chi connectivity index (χ3n) is 3.47. The molecule has 0 fully saturated rings. The first-order valence-corrected chi connectivity index (χ1v) is 7.15. The largest absolute Gasteiger partial charge is 0.490 e. The summed E-state index contributed by atoms with van der Waals surface area (Å²) >= 11 is 1.39. The summed E-state index contributed by atoms with van der Waals surface area (Å²) in [6.45, 7) is 3.14. The number of alkyl halides is 3. The number of thiophene rings is 1. The SMILES string of the molecule is BCC(=O)N1Cc2sc(C)c(C)c2OC[C@H]1C(F)(F)F. The maximum Gasteiger partial charge on any atom is 0.412 e. The lowest BCUT2D eigenvalue weighted by Crippen LogP contribution is -2.50. The van der Waals surface area contributed by atoms with E-state index in [9.17, 15) is 18.0 Å². The van der Waals surface area contributed by atoms with Gasteiger partial charge in [0.1, 0.15) is 20.2 Å². The minimum Gasteiger partial charge on any atom is -0.490 e. The van der Waals surface area contributed by atoms with Crippen LogP contribution in [-0.4, -0.2) is 37.5 Å². The molecule has 0 aliphatic carbocycles. The highest BCUT2D eigenvalue weighted by molar-refractivity contribution is 7.12. The molecule has 8 heteroatoms. The Morgan fingerprint density at radius 2 is 2.15 bits per heavy atom. The number of hydrogen-bond donors (Lipinski definition) is 0. The Balaban J connectivity index is 2.40. The Bertz CT molecular complexity index is 530. The molecule has 0 saturated carbocycles. The zero-order chi connectivity index (χ0) is 15.1. The lowest BCUT2D eigenvalue weighted by molar-refractivity contribution is -0.194. The molecular formula is C12H15BF3NO2S. The van der Waals surface area contributed by atoms with E-state index in [0.29, 0.717) is 10.6 Å². The fourth-order valence-electron chi connectivity index (χ4n) is 2.22. The number of hydrogen-bond acceptors (Lipinski definition) is 3. The molecular weight excluding hydrogens is 290 g/mol. The molecule has 0 unspecified atom stereocenters. The van der Waals surface area contributed by atoms with Crippen LogP contribution < -0.4 is 4.74 Å². The number of fused-ring (bicyclic) bond motifs is 1. The molecule has 20 heavy (non-hydrogen) atoms. The molecule has 0 radical (unpaired) electrons. The third-order valence-corrected chi connectivity index (χ3v) is 4.65. The van der Waals surface area contributed by atoms with E-state index in [1.807, 2.05) is 13.8 Å². The number of carbonyl (C=O) groups is 1. The zero-order valence-corrected chi connectivity index (χ0v) is 12.3. The highest BCUT2D eigenvalue weighted by Gasteiger charge is 2.47. The molecule has 2 heterocycles. The third kappa shape index (κ3) is 2.66. The molecule has 2 rings (SSSR count). The number of aryl methyl sites for hydroxylation is 1. The van der Waals surface area contributed by atoms with Gasteiger partial charge in [-0.3, -0.25) is 4.79 Å². The van der Waals surface area contributed by atoms with Gasteiger partial charge in [0.05, 0.1) is 11.4 Å². The number of carbonyl (C=O) groups excluding carboxylic acids is 1. The predicted octanol–water partition coefficient (Wildman–Crippen LogP) is 2.07. The van der Waals surface area contributed by atoms with Gasteiger partial charge in [0.25, 0.3) is 0 Å². The first-order valence-electron chi connectivity index (χ1n) is 6.33. The van der Waals surface area contributed by atoms with Crippen molar-refractivity contribution in [3.63, 3.8) is 0 Å². The van der Waals surface area contributed by atoms with E-state index in [1.165, 1.54) is 11.3 Å². The van der Waals surface area contributed by atoms with Crippen LogP contribution in [0.1, 0.15) is 15.3 Å². The van der Waals surface area contributed by atoms with Crippen molar-refractivity contribution in [3.8, 4) is 5.75 Å². The second-order valence-corrected chi connectivity index (χ2v) is 6.09. The van der Waals surface area contributed by atoms with Crippen molar-refractivity contribution in [2.75, 3.05) is 6.61 Å². The fraction of sp³-hybridized carbons (Fsp3) is 0.583. The van der Waals surface area contributed by atoms with Crippen LogP contribution in [-0.2, 0) is 11.3 Å². The molecule has 1 aliphatic heterocycles. The van der Waals surface area contributed by atoms with Gasteiger partial charge in [-0.15, -0.1) is 11.3 Å². The van der Waals surface area contributed by atoms with Gasteiger partial charge in [-0.05, 0) is 20.2 Å². The van der Waals surface area contributed by atoms with Crippen LogP contribution >= 0.6 is 11.3 Å². The molecule has 0 bridgehead atoms. The monoisotopic (exact) mass is 305 g/mol. The average Bonchev–Trinajstić information content (AvgIpc) is 2.54. The van der Waals surface area contributed by atoms with E-state index in [2.05, 4.69) is 0 Å². The van der Waals surface area contributed by atoms with Crippen molar-refractivity contribution in [2.24, 2.45) is 0 Å². The van der Waals surface area contributed by atoms with E-state index in [-0.39, 0.29) is 12.9 Å². The summed E-state index contributed by atoms with van der Waals surface area (Å²) in [6, 6.07) is -1.88. The summed E-state index contributed by atoms with van der Waals surface area (Å²) in [5.74, 6) is 0.000587. The van der Waals surface area contributed by atoms with Crippen LogP contribution in [0.3, 0.4) is 0 Å². The lowest BCUT2D eigenvalue weighted by Gasteiger charge is -2.30. The first kappa shape index (κ1) is 15.2. The van der Waals surface area contributed by atoms with Gasteiger partial charge in [-0.2, -0.15) is 13.2 Å². The summed E-state index contributed by atoms with van der Waals surface area (Å²) in [6.07, 6.45) is -4.44. The molecule has 3 nitrogen and oxygen atoms in total. The van der Waals surface area contributed by atoms with E-state index in [1.54, 1.807) is 7.85 Å². The van der Waals surface area contributed by atoms with Gasteiger partial charge < -0.3 is 9.64 Å². The highest BCUT2D eigenvalue weighted by atomic mass is 32.1. The van der Waals surface area contributed by atoms with E-state index in [4.69, 9.17) is 4.74 Å². The van der Waals surface area contributed by atoms with Crippen molar-refractivity contribution in [2.45, 2.75) is 38.9 Å². The van der Waals surface area contributed by atoms with Crippen LogP contribution in [0, 0.1) is 13.8 Å². The standard InChI is InChI=1S/C12H15BF3NO2S/c1-6-7(2)20-8-4-17(10(18)3-13)9(12(14,15)16)5-19-11(6)8/h9H,3-5,13H2,1-2H3/t9-/m0/s1. The van der Waals surface area contributed by atoms with Gasteiger partial charge in [0, 0.05) is 10.4 Å². The Morgan fingerprint density at radius 1 is 1.50 bits per heavy atom. The summed E-state index contributed by atoms with van der Waals surface area (Å²) in [7, 11) is 1.56. The minimum absolute atomic E-state index is 0.0362. The Morgan fingerprint density at radius 3 is 2.70 bits per heavy atom. The maximum absolute atomic E-state index is 13.1. The summed E-state index contributed by atoms with van der Waals surface area (Å²) in [5.41, 5.74) is 0.858. The van der Waals surface area contributed by atoms with Crippen molar-refractivity contribution in [1.82, 2.24) is 4.90 Å². The van der Waals surface area contributed by atoms with Gasteiger partial charge in [-0.25, -0.2) is 0 Å². The number of amides is 1. The zero-order valence-electron chi connectivity index (χ0n) is 11.5. The van der Waals surface area contributed by atoms with E-state index in [0.717, 1.165) is 15.3 Å². The lowest BCUT2D eigenvalue weighted by atomic mass is 10.0. The van der Waals surface area contributed by atoms with E-state index >= 15 is 0 Å². The Hall–Kier alpha value is -1.18. The molecule has 1 aliphatic rings. The average molecular weight is 305 g/mol. The topological polar surface area (TPSA) is 29.5 Å². The summed E-state index contributed by atoms with van der Waals surface area (Å²) < 4.78 is 44.7. The second-order valence-electron chi connectivity index (χ2n) is 4.78. The number of nitrogens with zero attached hydrogens (tertiary/aromatic N) is 1.